The van der Waals surface area contributed by atoms with Crippen molar-refractivity contribution in [2.75, 3.05) is 5.32 Å². The van der Waals surface area contributed by atoms with Crippen molar-refractivity contribution in [1.29, 1.82) is 0 Å². The van der Waals surface area contributed by atoms with Gasteiger partial charge in [0.25, 0.3) is 0 Å². The summed E-state index contributed by atoms with van der Waals surface area (Å²) in [4.78, 5) is 0. The van der Waals surface area contributed by atoms with Gasteiger partial charge < -0.3 is 10.1 Å². The first kappa shape index (κ1) is 18.1. The van der Waals surface area contributed by atoms with E-state index in [-0.39, 0.29) is 0 Å². The van der Waals surface area contributed by atoms with E-state index in [2.05, 4.69) is 21.2 Å². The molecular weight excluding hydrogens is 421 g/mol. The molecule has 3 aromatic rings. The Bertz CT molecular complexity index is 856. The van der Waals surface area contributed by atoms with E-state index in [1.165, 1.54) is 0 Å². The van der Waals surface area contributed by atoms with Crippen LogP contribution in [0.1, 0.15) is 11.1 Å². The van der Waals surface area contributed by atoms with Crippen molar-refractivity contribution in [2.24, 2.45) is 0 Å². The van der Waals surface area contributed by atoms with Gasteiger partial charge >= 0.3 is 0 Å². The van der Waals surface area contributed by atoms with Crippen LogP contribution < -0.4 is 10.1 Å². The number of rotatable bonds is 6. The number of nitrogens with one attached hydrogen (secondary N) is 1. The highest BCUT2D eigenvalue weighted by Crippen LogP contribution is 2.29. The highest BCUT2D eigenvalue weighted by molar-refractivity contribution is 9.10. The highest BCUT2D eigenvalue weighted by Gasteiger charge is 2.07. The second kappa shape index (κ2) is 8.61. The van der Waals surface area contributed by atoms with Crippen LogP contribution in [-0.4, -0.2) is 0 Å². The monoisotopic (exact) mass is 435 g/mol. The van der Waals surface area contributed by atoms with Gasteiger partial charge in [-0.3, -0.25) is 0 Å². The van der Waals surface area contributed by atoms with Crippen molar-refractivity contribution < 1.29 is 4.74 Å². The van der Waals surface area contributed by atoms with E-state index in [0.717, 1.165) is 27.0 Å². The molecule has 0 radical (unpaired) electrons. The molecule has 0 unspecified atom stereocenters. The summed E-state index contributed by atoms with van der Waals surface area (Å²) < 4.78 is 6.99. The van der Waals surface area contributed by atoms with Gasteiger partial charge in [-0.05, 0) is 42.0 Å². The van der Waals surface area contributed by atoms with E-state index in [1.807, 2.05) is 54.6 Å². The molecule has 0 amide bonds. The number of hydrogen-bond acceptors (Lipinski definition) is 2. The first-order valence-electron chi connectivity index (χ1n) is 7.76. The van der Waals surface area contributed by atoms with Crippen molar-refractivity contribution in [1.82, 2.24) is 0 Å². The summed E-state index contributed by atoms with van der Waals surface area (Å²) in [6.45, 7) is 1.09. The summed E-state index contributed by atoms with van der Waals surface area (Å²) in [6, 6.07) is 21.4. The third-order valence-corrected chi connectivity index (χ3v) is 4.72. The Morgan fingerprint density at radius 3 is 2.52 bits per heavy atom. The quantitative estimate of drug-likeness (QED) is 0.451. The van der Waals surface area contributed by atoms with Gasteiger partial charge in [0.15, 0.2) is 0 Å². The van der Waals surface area contributed by atoms with E-state index in [1.54, 1.807) is 12.1 Å². The first-order valence-corrected chi connectivity index (χ1v) is 9.31. The number of anilines is 1. The lowest BCUT2D eigenvalue weighted by molar-refractivity contribution is 0.303. The minimum Gasteiger partial charge on any atom is -0.489 e. The maximum absolute atomic E-state index is 6.21. The zero-order valence-corrected chi connectivity index (χ0v) is 16.4. The average molecular weight is 437 g/mol. The molecule has 128 valence electrons. The summed E-state index contributed by atoms with van der Waals surface area (Å²) in [5, 5.41) is 4.59. The molecule has 3 aromatic carbocycles. The third-order valence-electron chi connectivity index (χ3n) is 3.66. The van der Waals surface area contributed by atoms with E-state index >= 15 is 0 Å². The van der Waals surface area contributed by atoms with Crippen molar-refractivity contribution in [2.45, 2.75) is 13.2 Å². The number of halogens is 3. The van der Waals surface area contributed by atoms with Gasteiger partial charge in [-0.25, -0.2) is 0 Å². The van der Waals surface area contributed by atoms with Crippen LogP contribution in [0.4, 0.5) is 5.69 Å². The summed E-state index contributed by atoms with van der Waals surface area (Å²) in [5.74, 6) is 0.831. The van der Waals surface area contributed by atoms with Gasteiger partial charge in [-0.2, -0.15) is 0 Å². The first-order chi connectivity index (χ1) is 12.1. The molecule has 0 aliphatic carbocycles. The largest absolute Gasteiger partial charge is 0.489 e. The molecule has 0 aliphatic heterocycles. The fourth-order valence-electron chi connectivity index (χ4n) is 2.39. The predicted molar refractivity (Wildman–Crippen MR) is 109 cm³/mol. The van der Waals surface area contributed by atoms with E-state index in [9.17, 15) is 0 Å². The third kappa shape index (κ3) is 5.15. The standard InChI is InChI=1S/C20H16BrCl2NO/c21-16-6-9-20(25-13-14-4-2-1-3-5-14)15(10-16)12-24-19-11-17(22)7-8-18(19)23/h1-11,24H,12-13H2. The summed E-state index contributed by atoms with van der Waals surface area (Å²) in [5.41, 5.74) is 2.95. The molecule has 5 heteroatoms. The fraction of sp³-hybridized carbons (Fsp3) is 0.100. The maximum Gasteiger partial charge on any atom is 0.124 e. The highest BCUT2D eigenvalue weighted by atomic mass is 79.9. The van der Waals surface area contributed by atoms with Gasteiger partial charge in [0.05, 0.1) is 10.7 Å². The van der Waals surface area contributed by atoms with Crippen molar-refractivity contribution >= 4 is 44.8 Å². The Morgan fingerprint density at radius 1 is 0.920 bits per heavy atom. The molecule has 2 nitrogen and oxygen atoms in total. The van der Waals surface area contributed by atoms with Crippen molar-refractivity contribution in [3.05, 3.63) is 92.4 Å². The second-order valence-electron chi connectivity index (χ2n) is 5.50. The van der Waals surface area contributed by atoms with Crippen LogP contribution in [0.2, 0.25) is 10.0 Å². The Hall–Kier alpha value is -1.68. The molecule has 3 rings (SSSR count). The molecule has 0 bridgehead atoms. The van der Waals surface area contributed by atoms with Gasteiger partial charge in [0, 0.05) is 21.6 Å². The van der Waals surface area contributed by atoms with Gasteiger partial charge in [0.1, 0.15) is 12.4 Å². The van der Waals surface area contributed by atoms with Crippen LogP contribution in [0.25, 0.3) is 0 Å². The lowest BCUT2D eigenvalue weighted by Gasteiger charge is -2.14. The van der Waals surface area contributed by atoms with Gasteiger partial charge in [-0.1, -0.05) is 69.5 Å². The Morgan fingerprint density at radius 2 is 1.72 bits per heavy atom. The number of ether oxygens (including phenoxy) is 1. The van der Waals surface area contributed by atoms with Crippen molar-refractivity contribution in [3.8, 4) is 5.75 Å². The zero-order chi connectivity index (χ0) is 17.6. The fourth-order valence-corrected chi connectivity index (χ4v) is 3.15. The topological polar surface area (TPSA) is 21.3 Å². The molecule has 0 aliphatic rings. The predicted octanol–water partition coefficient (Wildman–Crippen LogP) is 6.95. The lowest BCUT2D eigenvalue weighted by Crippen LogP contribution is -2.04. The molecule has 0 aromatic heterocycles. The minimum atomic E-state index is 0.521. The lowest BCUT2D eigenvalue weighted by atomic mass is 10.2. The Balaban J connectivity index is 1.73. The SMILES string of the molecule is Clc1ccc(Cl)c(NCc2cc(Br)ccc2OCc2ccccc2)c1. The Kier molecular flexibility index (Phi) is 6.24. The number of hydrogen-bond donors (Lipinski definition) is 1. The van der Waals surface area contributed by atoms with Gasteiger partial charge in [0.2, 0.25) is 0 Å². The molecule has 0 fully saturated rings. The van der Waals surface area contributed by atoms with Crippen LogP contribution in [-0.2, 0) is 13.2 Å². The van der Waals surface area contributed by atoms with E-state index in [4.69, 9.17) is 27.9 Å². The van der Waals surface area contributed by atoms with Crippen LogP contribution in [0.3, 0.4) is 0 Å². The molecule has 25 heavy (non-hydrogen) atoms. The molecule has 0 saturated carbocycles. The minimum absolute atomic E-state index is 0.521. The Labute approximate surface area is 165 Å². The molecule has 1 N–H and O–H groups in total. The van der Waals surface area contributed by atoms with Crippen LogP contribution in [0, 0.1) is 0 Å². The average Bonchev–Trinajstić information content (AvgIpc) is 2.62. The molecule has 0 atom stereocenters. The van der Waals surface area contributed by atoms with Crippen molar-refractivity contribution in [3.63, 3.8) is 0 Å². The van der Waals surface area contributed by atoms with E-state index < -0.39 is 0 Å². The summed E-state index contributed by atoms with van der Waals surface area (Å²) in [6.07, 6.45) is 0. The van der Waals surface area contributed by atoms with Crippen LogP contribution in [0.5, 0.6) is 5.75 Å². The molecule has 0 saturated heterocycles. The summed E-state index contributed by atoms with van der Waals surface area (Å²) >= 11 is 15.8. The van der Waals surface area contributed by atoms with Crippen LogP contribution >= 0.6 is 39.1 Å². The molecule has 0 heterocycles. The van der Waals surface area contributed by atoms with Crippen LogP contribution in [0.15, 0.2) is 71.2 Å². The smallest absolute Gasteiger partial charge is 0.124 e. The normalized spacial score (nSPS) is 10.5. The zero-order valence-electron chi connectivity index (χ0n) is 13.3. The van der Waals surface area contributed by atoms with E-state index in [0.29, 0.717) is 23.2 Å². The summed E-state index contributed by atoms with van der Waals surface area (Å²) in [7, 11) is 0. The maximum atomic E-state index is 6.21. The molecular formula is C20H16BrCl2NO. The molecule has 0 spiro atoms. The van der Waals surface area contributed by atoms with Gasteiger partial charge in [-0.15, -0.1) is 0 Å². The second-order valence-corrected chi connectivity index (χ2v) is 7.26. The number of benzene rings is 3.